The minimum absolute atomic E-state index is 0.266. The number of benzene rings is 2. The topological polar surface area (TPSA) is 74.4 Å². The van der Waals surface area contributed by atoms with Crippen LogP contribution in [0.3, 0.4) is 0 Å². The highest BCUT2D eigenvalue weighted by Crippen LogP contribution is 2.31. The van der Waals surface area contributed by atoms with E-state index in [-0.39, 0.29) is 12.6 Å². The molecule has 2 N–H and O–H groups in total. The number of nitrogens with one attached hydrogen (secondary N) is 2. The molecule has 2 aromatic carbocycles. The van der Waals surface area contributed by atoms with Crippen LogP contribution >= 0.6 is 0 Å². The second-order valence-electron chi connectivity index (χ2n) is 7.21. The van der Waals surface area contributed by atoms with Gasteiger partial charge in [-0.3, -0.25) is 4.90 Å². The number of esters is 1. The summed E-state index contributed by atoms with van der Waals surface area (Å²) >= 11 is 0. The van der Waals surface area contributed by atoms with E-state index in [4.69, 9.17) is 4.74 Å². The van der Waals surface area contributed by atoms with Gasteiger partial charge in [0.1, 0.15) is 0 Å². The number of aromatic nitrogens is 1. The Hall–Kier alpha value is -3.54. The second-order valence-corrected chi connectivity index (χ2v) is 7.21. The smallest absolute Gasteiger partial charge is 0.341 e. The van der Waals surface area contributed by atoms with Crippen molar-refractivity contribution in [1.82, 2.24) is 9.88 Å². The first kappa shape index (κ1) is 19.8. The maximum absolute atomic E-state index is 13.0. The van der Waals surface area contributed by atoms with Crippen LogP contribution in [0.4, 0.5) is 10.5 Å². The fraction of sp³-hybridized carbons (Fsp3) is 0.250. The molecule has 4 rings (SSSR count). The Bertz CT molecular complexity index is 1130. The van der Waals surface area contributed by atoms with Crippen molar-refractivity contribution in [2.45, 2.75) is 26.7 Å². The lowest BCUT2D eigenvalue weighted by Gasteiger charge is -2.19. The summed E-state index contributed by atoms with van der Waals surface area (Å²) in [5.41, 5.74) is 4.95. The molecule has 0 bridgehead atoms. The minimum atomic E-state index is -0.446. The number of aryl methyl sites for hydroxylation is 1. The number of anilines is 1. The Balaban J connectivity index is 1.68. The zero-order chi connectivity index (χ0) is 21.1. The van der Waals surface area contributed by atoms with E-state index in [2.05, 4.69) is 17.2 Å². The number of nitrogens with zero attached hydrogens (tertiary/aromatic N) is 1. The monoisotopic (exact) mass is 403 g/mol. The van der Waals surface area contributed by atoms with Gasteiger partial charge in [0.15, 0.2) is 0 Å². The Labute approximate surface area is 175 Å². The van der Waals surface area contributed by atoms with Gasteiger partial charge in [0.05, 0.1) is 17.9 Å². The van der Waals surface area contributed by atoms with Crippen molar-refractivity contribution < 1.29 is 14.3 Å². The van der Waals surface area contributed by atoms with Crippen LogP contribution in [0.15, 0.2) is 54.7 Å². The number of fused-ring (bicyclic) bond motifs is 3. The summed E-state index contributed by atoms with van der Waals surface area (Å²) in [6.07, 6.45) is 3.11. The Morgan fingerprint density at radius 1 is 1.13 bits per heavy atom. The number of H-pyrrole nitrogens is 1. The summed E-state index contributed by atoms with van der Waals surface area (Å²) < 4.78 is 5.28. The van der Waals surface area contributed by atoms with Gasteiger partial charge in [0, 0.05) is 29.3 Å². The van der Waals surface area contributed by atoms with Crippen LogP contribution in [-0.4, -0.2) is 35.0 Å². The van der Waals surface area contributed by atoms with Gasteiger partial charge in [0.25, 0.3) is 0 Å². The van der Waals surface area contributed by atoms with Gasteiger partial charge in [-0.1, -0.05) is 37.3 Å². The summed E-state index contributed by atoms with van der Waals surface area (Å²) in [6.45, 7) is 4.56. The highest BCUT2D eigenvalue weighted by Gasteiger charge is 2.27. The zero-order valence-electron chi connectivity index (χ0n) is 17.2. The van der Waals surface area contributed by atoms with Crippen LogP contribution < -0.4 is 5.32 Å². The number of hydrogen-bond donors (Lipinski definition) is 2. The Morgan fingerprint density at radius 3 is 2.77 bits per heavy atom. The lowest BCUT2D eigenvalue weighted by molar-refractivity contribution is -0.136. The first-order valence-corrected chi connectivity index (χ1v) is 10.3. The van der Waals surface area contributed by atoms with Crippen LogP contribution in [-0.2, 0) is 22.4 Å². The number of para-hydroxylation sites is 1. The molecular formula is C24H25N3O3. The van der Waals surface area contributed by atoms with Crippen LogP contribution in [0.5, 0.6) is 0 Å². The lowest BCUT2D eigenvalue weighted by Crippen LogP contribution is -2.32. The molecule has 0 saturated carbocycles. The van der Waals surface area contributed by atoms with Gasteiger partial charge in [0.2, 0.25) is 0 Å². The summed E-state index contributed by atoms with van der Waals surface area (Å²) in [5, 5.41) is 4.00. The molecule has 2 heterocycles. The van der Waals surface area contributed by atoms with Gasteiger partial charge in [-0.25, -0.2) is 9.59 Å². The van der Waals surface area contributed by atoms with E-state index in [1.807, 2.05) is 48.5 Å². The molecule has 30 heavy (non-hydrogen) atoms. The molecule has 0 radical (unpaired) electrons. The highest BCUT2D eigenvalue weighted by molar-refractivity contribution is 6.18. The first-order chi connectivity index (χ1) is 14.6. The average molecular weight is 403 g/mol. The standard InChI is InChI=1S/C24H25N3O3/c1-3-16-8-7-9-17(14-16)25-24(29)27-13-12-19-18-10-5-6-11-21(18)26-22(19)20(15-27)23(28)30-4-2/h5-11,14-15,26H,3-4,12-13H2,1-2H3,(H,25,29). The van der Waals surface area contributed by atoms with Crippen LogP contribution in [0, 0.1) is 0 Å². The largest absolute Gasteiger partial charge is 0.462 e. The molecule has 0 unspecified atom stereocenters. The number of hydrogen-bond acceptors (Lipinski definition) is 3. The number of urea groups is 1. The third-order valence-electron chi connectivity index (χ3n) is 5.31. The van der Waals surface area contributed by atoms with Crippen molar-refractivity contribution in [3.8, 4) is 0 Å². The van der Waals surface area contributed by atoms with E-state index >= 15 is 0 Å². The second kappa shape index (κ2) is 8.45. The molecule has 3 aromatic rings. The van der Waals surface area contributed by atoms with Crippen molar-refractivity contribution in [2.24, 2.45) is 0 Å². The summed E-state index contributed by atoms with van der Waals surface area (Å²) in [4.78, 5) is 30.6. The molecule has 6 nitrogen and oxygen atoms in total. The maximum Gasteiger partial charge on any atom is 0.341 e. The number of carbonyl (C=O) groups is 2. The van der Waals surface area contributed by atoms with Gasteiger partial charge in [-0.05, 0) is 49.1 Å². The average Bonchev–Trinajstić information content (AvgIpc) is 3.01. The molecule has 0 spiro atoms. The van der Waals surface area contributed by atoms with Gasteiger partial charge >= 0.3 is 12.0 Å². The van der Waals surface area contributed by atoms with Crippen molar-refractivity contribution >= 4 is 34.2 Å². The van der Waals surface area contributed by atoms with Crippen LogP contribution in [0.25, 0.3) is 16.5 Å². The van der Waals surface area contributed by atoms with Gasteiger partial charge in [-0.15, -0.1) is 0 Å². The Kier molecular flexibility index (Phi) is 5.57. The number of carbonyl (C=O) groups excluding carboxylic acids is 2. The summed E-state index contributed by atoms with van der Waals surface area (Å²) in [6, 6.07) is 15.4. The molecular weight excluding hydrogens is 378 g/mol. The molecule has 6 heteroatoms. The van der Waals surface area contributed by atoms with Crippen LogP contribution in [0.1, 0.15) is 30.7 Å². The van der Waals surface area contributed by atoms with Crippen molar-refractivity contribution in [2.75, 3.05) is 18.5 Å². The van der Waals surface area contributed by atoms with E-state index < -0.39 is 5.97 Å². The molecule has 0 atom stereocenters. The number of rotatable bonds is 4. The quantitative estimate of drug-likeness (QED) is 0.619. The van der Waals surface area contributed by atoms with Gasteiger partial charge < -0.3 is 15.0 Å². The van der Waals surface area contributed by atoms with E-state index in [1.165, 1.54) is 0 Å². The SMILES string of the molecule is CCOC(=O)C1=CN(C(=O)Nc2cccc(CC)c2)CCc2c1[nH]c1ccccc21. The fourth-order valence-electron chi connectivity index (χ4n) is 3.79. The molecule has 1 aliphatic heterocycles. The van der Waals surface area contributed by atoms with Crippen molar-refractivity contribution in [1.29, 1.82) is 0 Å². The summed E-state index contributed by atoms with van der Waals surface area (Å²) in [5.74, 6) is -0.446. The van der Waals surface area contributed by atoms with E-state index in [1.54, 1.807) is 18.0 Å². The molecule has 0 fully saturated rings. The number of amides is 2. The molecule has 1 aromatic heterocycles. The molecule has 0 aliphatic carbocycles. The Morgan fingerprint density at radius 2 is 1.97 bits per heavy atom. The van der Waals surface area contributed by atoms with E-state index in [0.717, 1.165) is 39.8 Å². The minimum Gasteiger partial charge on any atom is -0.462 e. The molecule has 2 amide bonds. The van der Waals surface area contributed by atoms with Gasteiger partial charge in [-0.2, -0.15) is 0 Å². The zero-order valence-corrected chi connectivity index (χ0v) is 17.2. The third-order valence-corrected chi connectivity index (χ3v) is 5.31. The molecule has 0 saturated heterocycles. The first-order valence-electron chi connectivity index (χ1n) is 10.3. The number of aromatic amines is 1. The van der Waals surface area contributed by atoms with E-state index in [9.17, 15) is 9.59 Å². The lowest BCUT2D eigenvalue weighted by atomic mass is 10.0. The predicted molar refractivity (Wildman–Crippen MR) is 118 cm³/mol. The van der Waals surface area contributed by atoms with Crippen LogP contribution in [0.2, 0.25) is 0 Å². The normalized spacial score (nSPS) is 13.4. The van der Waals surface area contributed by atoms with Crippen molar-refractivity contribution in [3.05, 3.63) is 71.6 Å². The molecule has 154 valence electrons. The fourth-order valence-corrected chi connectivity index (χ4v) is 3.79. The van der Waals surface area contributed by atoms with Crippen molar-refractivity contribution in [3.63, 3.8) is 0 Å². The summed E-state index contributed by atoms with van der Waals surface area (Å²) in [7, 11) is 0. The molecule has 1 aliphatic rings. The third kappa shape index (κ3) is 3.81. The highest BCUT2D eigenvalue weighted by atomic mass is 16.5. The maximum atomic E-state index is 13.0. The predicted octanol–water partition coefficient (Wildman–Crippen LogP) is 4.72. The number of ether oxygens (including phenoxy) is 1. The van der Waals surface area contributed by atoms with E-state index in [0.29, 0.717) is 18.5 Å².